The van der Waals surface area contributed by atoms with Crippen molar-refractivity contribution in [1.29, 1.82) is 5.53 Å². The minimum Gasteiger partial charge on any atom is -0.108 e. The Bertz CT molecular complexity index is 621. The first-order chi connectivity index (χ1) is 10.9. The molecule has 0 heterocycles. The quantitative estimate of drug-likeness (QED) is 0.185. The molecule has 0 amide bonds. The first-order valence-electron chi connectivity index (χ1n) is 6.91. The van der Waals surface area contributed by atoms with Crippen LogP contribution in [0.3, 0.4) is 0 Å². The standard InChI is InChI=1S/C18H15P.Au.HN3/c1-4-10-16(11-5-1)19(17-12-6-2-7-13-17)18-14-8-3-9-15-18;;1-3-2/h1-15H;;1H/q;+1;/p+1. The van der Waals surface area contributed by atoms with Crippen LogP contribution in [-0.2, 0) is 22.4 Å². The molecule has 0 aliphatic carbocycles. The Balaban J connectivity index is 0.000000615. The van der Waals surface area contributed by atoms with Crippen molar-refractivity contribution in [3.05, 3.63) is 101 Å². The summed E-state index contributed by atoms with van der Waals surface area (Å²) in [7, 11) is -0.877. The molecule has 0 fully saturated rings. The van der Waals surface area contributed by atoms with Crippen LogP contribution in [0.1, 0.15) is 0 Å². The molecule has 118 valence electrons. The molecule has 0 saturated carbocycles. The molecule has 3 nitrogen and oxygen atoms in total. The monoisotopic (exact) mass is 503 g/mol. The molecule has 5 heteroatoms. The molecular weight excluding hydrogens is 486 g/mol. The zero-order valence-corrected chi connectivity index (χ0v) is 15.5. The number of benzene rings is 3. The van der Waals surface area contributed by atoms with E-state index in [-0.39, 0.29) is 22.4 Å². The van der Waals surface area contributed by atoms with Crippen molar-refractivity contribution in [1.82, 2.24) is 0 Å². The predicted octanol–water partition coefficient (Wildman–Crippen LogP) is 4.05. The molecule has 1 N–H and O–H groups in total. The van der Waals surface area contributed by atoms with E-state index >= 15 is 0 Å². The summed E-state index contributed by atoms with van der Waals surface area (Å²) >= 11 is 0. The minimum absolute atomic E-state index is 0. The Morgan fingerprint density at radius 3 is 1.04 bits per heavy atom. The Hall–Kier alpha value is -1.86. The van der Waals surface area contributed by atoms with E-state index in [0.717, 1.165) is 0 Å². The summed E-state index contributed by atoms with van der Waals surface area (Å²) in [6.07, 6.45) is 0. The van der Waals surface area contributed by atoms with Crippen molar-refractivity contribution >= 4 is 23.8 Å². The van der Waals surface area contributed by atoms with Gasteiger partial charge in [0.1, 0.15) is 15.9 Å². The second-order valence-corrected chi connectivity index (χ2v) is 7.06. The van der Waals surface area contributed by atoms with E-state index in [1.54, 1.807) is 4.91 Å². The van der Waals surface area contributed by atoms with Gasteiger partial charge in [0.15, 0.2) is 0 Å². The molecule has 0 unspecified atom stereocenters. The minimum atomic E-state index is -0.877. The maximum Gasteiger partial charge on any atom is 1.00 e. The van der Waals surface area contributed by atoms with Gasteiger partial charge < -0.3 is 0 Å². The Morgan fingerprint density at radius 1 is 0.609 bits per heavy atom. The van der Waals surface area contributed by atoms with Crippen LogP contribution in [0.4, 0.5) is 0 Å². The van der Waals surface area contributed by atoms with Crippen LogP contribution in [0.2, 0.25) is 0 Å². The summed E-state index contributed by atoms with van der Waals surface area (Å²) < 4.78 is 0. The van der Waals surface area contributed by atoms with E-state index in [4.69, 9.17) is 11.1 Å². The molecule has 0 atom stereocenters. The third kappa shape index (κ3) is 5.69. The van der Waals surface area contributed by atoms with Gasteiger partial charge in [-0.15, -0.1) is 5.53 Å². The van der Waals surface area contributed by atoms with Crippen LogP contribution in [0.15, 0.2) is 91.0 Å². The Labute approximate surface area is 153 Å². The second-order valence-electron chi connectivity index (χ2n) is 4.57. The van der Waals surface area contributed by atoms with E-state index in [1.807, 2.05) is 0 Å². The van der Waals surface area contributed by atoms with E-state index in [0.29, 0.717) is 0 Å². The van der Waals surface area contributed by atoms with Crippen LogP contribution in [-0.4, -0.2) is 0 Å². The fraction of sp³-hybridized carbons (Fsp3) is 0. The van der Waals surface area contributed by atoms with Crippen LogP contribution >= 0.6 is 7.92 Å². The van der Waals surface area contributed by atoms with Crippen LogP contribution in [0.5, 0.6) is 0 Å². The smallest absolute Gasteiger partial charge is 0.108 e. The van der Waals surface area contributed by atoms with E-state index in [9.17, 15) is 0 Å². The van der Waals surface area contributed by atoms with Gasteiger partial charge in [0, 0.05) is 0 Å². The normalized spacial score (nSPS) is 9.09. The van der Waals surface area contributed by atoms with Crippen LogP contribution in [0, 0.1) is 5.53 Å². The molecule has 0 bridgehead atoms. The zero-order chi connectivity index (χ0) is 15.6. The molecule has 0 spiro atoms. The van der Waals surface area contributed by atoms with Gasteiger partial charge in [-0.25, -0.2) is 0 Å². The summed E-state index contributed by atoms with van der Waals surface area (Å²) in [5, 5.41) is 4.31. The fourth-order valence-electron chi connectivity index (χ4n) is 2.31. The molecule has 0 aromatic heterocycles. The van der Waals surface area contributed by atoms with Gasteiger partial charge in [-0.1, -0.05) is 54.6 Å². The molecular formula is C18H17AuN3P+2. The maximum atomic E-state index is 6.86. The van der Waals surface area contributed by atoms with Crippen molar-refractivity contribution in [2.24, 2.45) is 0 Å². The number of nitrogens with one attached hydrogen (secondary N) is 1. The fourth-order valence-corrected chi connectivity index (χ4v) is 4.89. The van der Waals surface area contributed by atoms with Gasteiger partial charge in [0.25, 0.3) is 0 Å². The van der Waals surface area contributed by atoms with Gasteiger partial charge in [-0.3, -0.25) is 0 Å². The molecule has 3 aromatic rings. The van der Waals surface area contributed by atoms with Crippen molar-refractivity contribution in [3.8, 4) is 0 Å². The third-order valence-electron chi connectivity index (χ3n) is 3.19. The largest absolute Gasteiger partial charge is 1.00 e. The van der Waals surface area contributed by atoms with Gasteiger partial charge >= 0.3 is 22.4 Å². The molecule has 0 aliphatic heterocycles. The van der Waals surface area contributed by atoms with Gasteiger partial charge in [0.2, 0.25) is 0 Å². The average Bonchev–Trinajstić information content (AvgIpc) is 2.59. The van der Waals surface area contributed by atoms with Crippen molar-refractivity contribution < 1.29 is 22.4 Å². The number of hydrogen-bond donors (Lipinski definition) is 1. The first kappa shape index (κ1) is 19.2. The number of rotatable bonds is 3. The SMILES string of the molecule is [Au+].[N-]=[N+]=N.c1ccc([PH+](c2ccccc2)c2ccccc2)cc1. The van der Waals surface area contributed by atoms with Gasteiger partial charge in [-0.2, -0.15) is 0 Å². The van der Waals surface area contributed by atoms with E-state index < -0.39 is 7.92 Å². The zero-order valence-electron chi connectivity index (χ0n) is 12.4. The third-order valence-corrected chi connectivity index (χ3v) is 5.92. The molecule has 3 rings (SSSR count). The van der Waals surface area contributed by atoms with Crippen molar-refractivity contribution in [3.63, 3.8) is 0 Å². The number of nitrogens with zero attached hydrogens (tertiary/aromatic N) is 2. The second kappa shape index (κ2) is 10.8. The Kier molecular flexibility index (Phi) is 9.01. The molecule has 23 heavy (non-hydrogen) atoms. The topological polar surface area (TPSA) is 60.3 Å². The van der Waals surface area contributed by atoms with Crippen molar-refractivity contribution in [2.75, 3.05) is 0 Å². The summed E-state index contributed by atoms with van der Waals surface area (Å²) in [6.45, 7) is 0. The molecule has 0 aliphatic rings. The molecule has 0 radical (unpaired) electrons. The van der Waals surface area contributed by atoms with Gasteiger partial charge in [-0.05, 0) is 46.8 Å². The molecule has 3 aromatic carbocycles. The van der Waals surface area contributed by atoms with Crippen LogP contribution in [0.25, 0.3) is 10.4 Å². The van der Waals surface area contributed by atoms with Crippen LogP contribution < -0.4 is 15.9 Å². The number of hydrogen-bond acceptors (Lipinski definition) is 1. The average molecular weight is 503 g/mol. The Morgan fingerprint density at radius 2 is 0.826 bits per heavy atom. The van der Waals surface area contributed by atoms with E-state index in [1.165, 1.54) is 15.9 Å². The van der Waals surface area contributed by atoms with E-state index in [2.05, 4.69) is 91.0 Å². The predicted molar refractivity (Wildman–Crippen MR) is 96.0 cm³/mol. The summed E-state index contributed by atoms with van der Waals surface area (Å²) in [5.41, 5.74) is 12.2. The van der Waals surface area contributed by atoms with Gasteiger partial charge in [0.05, 0.1) is 7.92 Å². The summed E-state index contributed by atoms with van der Waals surface area (Å²) in [6, 6.07) is 32.5. The maximum absolute atomic E-state index is 6.86. The summed E-state index contributed by atoms with van der Waals surface area (Å²) in [4.78, 5) is 1.75. The first-order valence-corrected chi connectivity index (χ1v) is 8.41. The molecule has 0 saturated heterocycles. The van der Waals surface area contributed by atoms with Crippen molar-refractivity contribution in [2.45, 2.75) is 0 Å². The summed E-state index contributed by atoms with van der Waals surface area (Å²) in [5.74, 6) is 0.